The summed E-state index contributed by atoms with van der Waals surface area (Å²) in [6, 6.07) is 6.17. The van der Waals surface area contributed by atoms with Crippen LogP contribution >= 0.6 is 0 Å². The molecule has 0 N–H and O–H groups in total. The van der Waals surface area contributed by atoms with Crippen LogP contribution in [0.15, 0.2) is 28.7 Å². The number of aryl methyl sites for hydroxylation is 1. The molecule has 1 spiro atoms. The van der Waals surface area contributed by atoms with E-state index in [1.165, 1.54) is 12.1 Å². The molecule has 0 bridgehead atoms. The van der Waals surface area contributed by atoms with Crippen molar-refractivity contribution in [2.24, 2.45) is 0 Å². The van der Waals surface area contributed by atoms with E-state index < -0.39 is 0 Å². The Kier molecular flexibility index (Phi) is 4.53. The Morgan fingerprint density at radius 1 is 1.31 bits per heavy atom. The van der Waals surface area contributed by atoms with Crippen molar-refractivity contribution in [3.05, 3.63) is 41.5 Å². The zero-order chi connectivity index (χ0) is 18.1. The monoisotopic (exact) mass is 358 g/mol. The summed E-state index contributed by atoms with van der Waals surface area (Å²) >= 11 is 0. The number of carbonyl (C=O) groups excluding carboxylic acids is 1. The van der Waals surface area contributed by atoms with E-state index in [9.17, 15) is 9.18 Å². The highest BCUT2D eigenvalue weighted by Gasteiger charge is 2.38. The van der Waals surface area contributed by atoms with Crippen LogP contribution < -0.4 is 0 Å². The normalized spacial score (nSPS) is 23.6. The lowest BCUT2D eigenvalue weighted by molar-refractivity contribution is -0.131. The van der Waals surface area contributed by atoms with E-state index in [-0.39, 0.29) is 17.3 Å². The van der Waals surface area contributed by atoms with Crippen LogP contribution in [0, 0.1) is 12.7 Å². The molecule has 1 aromatic heterocycles. The Hall–Kier alpha value is -2.21. The molecule has 26 heavy (non-hydrogen) atoms. The van der Waals surface area contributed by atoms with Crippen molar-refractivity contribution in [3.63, 3.8) is 0 Å². The summed E-state index contributed by atoms with van der Waals surface area (Å²) in [5, 5.41) is 0. The second kappa shape index (κ2) is 6.83. The Morgan fingerprint density at radius 2 is 2.19 bits per heavy atom. The molecular weight excluding hydrogens is 335 g/mol. The summed E-state index contributed by atoms with van der Waals surface area (Å²) in [7, 11) is 0. The van der Waals surface area contributed by atoms with Gasteiger partial charge >= 0.3 is 0 Å². The lowest BCUT2D eigenvalue weighted by atomic mass is 9.92. The Balaban J connectivity index is 1.51. The standard InChI is InChI=1S/C20H23FN2O3/c1-14-17(22-19(26-14)15-4-2-5-16(21)12-15)13-23-10-9-20(7-3-11-25-20)8-6-18(23)24/h2,4-5,12H,3,6-11,13H2,1H3. The van der Waals surface area contributed by atoms with E-state index in [0.717, 1.165) is 38.0 Å². The number of halogens is 1. The van der Waals surface area contributed by atoms with Crippen molar-refractivity contribution < 1.29 is 18.3 Å². The number of likely N-dealkylation sites (tertiary alicyclic amines) is 1. The van der Waals surface area contributed by atoms with E-state index >= 15 is 0 Å². The molecular formula is C20H23FN2O3. The van der Waals surface area contributed by atoms with Crippen LogP contribution in [0.2, 0.25) is 0 Å². The quantitative estimate of drug-likeness (QED) is 0.836. The SMILES string of the molecule is Cc1oc(-c2cccc(F)c2)nc1CN1CCC2(CCCO2)CCC1=O. The van der Waals surface area contributed by atoms with Gasteiger partial charge in [0.2, 0.25) is 11.8 Å². The van der Waals surface area contributed by atoms with Gasteiger partial charge in [0, 0.05) is 25.1 Å². The maximum Gasteiger partial charge on any atom is 0.226 e. The smallest absolute Gasteiger partial charge is 0.226 e. The fraction of sp³-hybridized carbons (Fsp3) is 0.500. The first kappa shape index (κ1) is 17.2. The highest BCUT2D eigenvalue weighted by atomic mass is 19.1. The number of hydrogen-bond acceptors (Lipinski definition) is 4. The molecule has 0 aliphatic carbocycles. The highest BCUT2D eigenvalue weighted by Crippen LogP contribution is 2.36. The van der Waals surface area contributed by atoms with Crippen LogP contribution in [0.5, 0.6) is 0 Å². The summed E-state index contributed by atoms with van der Waals surface area (Å²) in [4.78, 5) is 18.9. The second-order valence-corrected chi connectivity index (χ2v) is 7.23. The highest BCUT2D eigenvalue weighted by molar-refractivity contribution is 5.76. The van der Waals surface area contributed by atoms with Gasteiger partial charge in [-0.25, -0.2) is 9.37 Å². The molecule has 3 heterocycles. The number of nitrogens with zero attached hydrogens (tertiary/aromatic N) is 2. The van der Waals surface area contributed by atoms with E-state index in [0.29, 0.717) is 36.7 Å². The number of hydrogen-bond donors (Lipinski definition) is 0. The number of ether oxygens (including phenoxy) is 1. The minimum Gasteiger partial charge on any atom is -0.441 e. The van der Waals surface area contributed by atoms with Gasteiger partial charge in [-0.1, -0.05) is 6.07 Å². The fourth-order valence-electron chi connectivity index (χ4n) is 3.90. The molecule has 2 aromatic rings. The molecule has 5 nitrogen and oxygen atoms in total. The van der Waals surface area contributed by atoms with Crippen LogP contribution in [0.25, 0.3) is 11.5 Å². The Morgan fingerprint density at radius 3 is 2.96 bits per heavy atom. The van der Waals surface area contributed by atoms with Gasteiger partial charge < -0.3 is 14.1 Å². The zero-order valence-electron chi connectivity index (χ0n) is 15.0. The average Bonchev–Trinajstić information content (AvgIpc) is 3.20. The second-order valence-electron chi connectivity index (χ2n) is 7.23. The van der Waals surface area contributed by atoms with Gasteiger partial charge in [0.05, 0.1) is 12.1 Å². The maximum atomic E-state index is 13.4. The van der Waals surface area contributed by atoms with Gasteiger partial charge in [0.25, 0.3) is 0 Å². The van der Waals surface area contributed by atoms with Crippen LogP contribution in [0.3, 0.4) is 0 Å². The summed E-state index contributed by atoms with van der Waals surface area (Å²) in [5.41, 5.74) is 1.21. The first-order chi connectivity index (χ1) is 12.5. The maximum absolute atomic E-state index is 13.4. The topological polar surface area (TPSA) is 55.6 Å². The van der Waals surface area contributed by atoms with Crippen LogP contribution in [0.4, 0.5) is 4.39 Å². The molecule has 0 radical (unpaired) electrons. The summed E-state index contributed by atoms with van der Waals surface area (Å²) in [5.74, 6) is 0.847. The van der Waals surface area contributed by atoms with Crippen molar-refractivity contribution in [1.82, 2.24) is 9.88 Å². The van der Waals surface area contributed by atoms with Gasteiger partial charge in [0.1, 0.15) is 17.3 Å². The molecule has 2 fully saturated rings. The van der Waals surface area contributed by atoms with E-state index in [4.69, 9.17) is 9.15 Å². The Labute approximate surface area is 152 Å². The van der Waals surface area contributed by atoms with Crippen LogP contribution in [0.1, 0.15) is 43.6 Å². The first-order valence-corrected chi connectivity index (χ1v) is 9.19. The van der Waals surface area contributed by atoms with E-state index in [2.05, 4.69) is 4.98 Å². The minimum absolute atomic E-state index is 0.115. The molecule has 6 heteroatoms. The third kappa shape index (κ3) is 3.38. The number of carbonyl (C=O) groups is 1. The van der Waals surface area contributed by atoms with Crippen LogP contribution in [-0.2, 0) is 16.1 Å². The fourth-order valence-corrected chi connectivity index (χ4v) is 3.90. The number of aromatic nitrogens is 1. The van der Waals surface area contributed by atoms with Gasteiger partial charge in [-0.05, 0) is 50.8 Å². The van der Waals surface area contributed by atoms with E-state index in [1.54, 1.807) is 12.1 Å². The van der Waals surface area contributed by atoms with Crippen molar-refractivity contribution in [2.45, 2.75) is 51.2 Å². The number of amides is 1. The molecule has 2 aliphatic rings. The molecule has 1 unspecified atom stereocenters. The molecule has 2 saturated heterocycles. The van der Waals surface area contributed by atoms with Crippen molar-refractivity contribution >= 4 is 5.91 Å². The number of oxazole rings is 1. The molecule has 0 saturated carbocycles. The number of rotatable bonds is 3. The zero-order valence-corrected chi connectivity index (χ0v) is 15.0. The van der Waals surface area contributed by atoms with E-state index in [1.807, 2.05) is 11.8 Å². The van der Waals surface area contributed by atoms with Gasteiger partial charge in [-0.15, -0.1) is 0 Å². The van der Waals surface area contributed by atoms with Crippen molar-refractivity contribution in [1.29, 1.82) is 0 Å². The van der Waals surface area contributed by atoms with Crippen LogP contribution in [-0.4, -0.2) is 34.5 Å². The minimum atomic E-state index is -0.329. The summed E-state index contributed by atoms with van der Waals surface area (Å²) in [6.45, 7) is 3.71. The summed E-state index contributed by atoms with van der Waals surface area (Å²) < 4.78 is 25.1. The lowest BCUT2D eigenvalue weighted by Gasteiger charge is -2.26. The first-order valence-electron chi connectivity index (χ1n) is 9.19. The van der Waals surface area contributed by atoms with Gasteiger partial charge in [-0.3, -0.25) is 4.79 Å². The molecule has 1 amide bonds. The molecule has 4 rings (SSSR count). The lowest BCUT2D eigenvalue weighted by Crippen LogP contribution is -2.32. The van der Waals surface area contributed by atoms with Crippen molar-refractivity contribution in [3.8, 4) is 11.5 Å². The summed E-state index contributed by atoms with van der Waals surface area (Å²) in [6.07, 6.45) is 4.29. The predicted octanol–water partition coefficient (Wildman–Crippen LogP) is 3.85. The average molecular weight is 358 g/mol. The third-order valence-corrected chi connectivity index (χ3v) is 5.47. The Bertz CT molecular complexity index is 811. The van der Waals surface area contributed by atoms with Gasteiger partial charge in [-0.2, -0.15) is 0 Å². The predicted molar refractivity (Wildman–Crippen MR) is 93.8 cm³/mol. The molecule has 1 aromatic carbocycles. The van der Waals surface area contributed by atoms with Gasteiger partial charge in [0.15, 0.2) is 0 Å². The van der Waals surface area contributed by atoms with Crippen molar-refractivity contribution in [2.75, 3.05) is 13.2 Å². The molecule has 1 atom stereocenters. The largest absolute Gasteiger partial charge is 0.441 e. The number of benzene rings is 1. The molecule has 138 valence electrons. The third-order valence-electron chi connectivity index (χ3n) is 5.47. The molecule has 2 aliphatic heterocycles.